The molecule has 1 aromatic heterocycles. The van der Waals surface area contributed by atoms with E-state index in [-0.39, 0.29) is 0 Å². The summed E-state index contributed by atoms with van der Waals surface area (Å²) in [6.07, 6.45) is 1.09. The predicted molar refractivity (Wildman–Crippen MR) is 72.3 cm³/mol. The fourth-order valence-corrected chi connectivity index (χ4v) is 2.77. The van der Waals surface area contributed by atoms with E-state index >= 15 is 0 Å². The first kappa shape index (κ1) is 12.1. The molecule has 3 heteroatoms. The van der Waals surface area contributed by atoms with Gasteiger partial charge in [0.25, 0.3) is 0 Å². The van der Waals surface area contributed by atoms with E-state index in [0.29, 0.717) is 5.75 Å². The molecule has 0 atom stereocenters. The van der Waals surface area contributed by atoms with Crippen molar-refractivity contribution >= 4 is 11.3 Å². The van der Waals surface area contributed by atoms with Gasteiger partial charge < -0.3 is 10.4 Å². The number of phenols is 1. The number of nitrogens with one attached hydrogen (secondary N) is 1. The molecule has 0 aliphatic carbocycles. The van der Waals surface area contributed by atoms with Gasteiger partial charge in [-0.25, -0.2) is 0 Å². The molecule has 0 bridgehead atoms. The van der Waals surface area contributed by atoms with E-state index in [1.54, 1.807) is 23.5 Å². The molecule has 17 heavy (non-hydrogen) atoms. The normalized spacial score (nSPS) is 10.6. The average molecular weight is 247 g/mol. The van der Waals surface area contributed by atoms with E-state index in [2.05, 4.69) is 23.7 Å². The summed E-state index contributed by atoms with van der Waals surface area (Å²) < 4.78 is 0. The van der Waals surface area contributed by atoms with Crippen molar-refractivity contribution in [2.45, 2.75) is 26.4 Å². The van der Waals surface area contributed by atoms with Gasteiger partial charge in [0, 0.05) is 18.0 Å². The zero-order valence-electron chi connectivity index (χ0n) is 9.94. The first-order valence-electron chi connectivity index (χ1n) is 5.83. The third-order valence-corrected chi connectivity index (χ3v) is 3.71. The zero-order chi connectivity index (χ0) is 12.1. The molecule has 2 rings (SSSR count). The van der Waals surface area contributed by atoms with Crippen LogP contribution in [0.2, 0.25) is 0 Å². The van der Waals surface area contributed by atoms with Crippen LogP contribution in [-0.2, 0) is 19.5 Å². The molecule has 0 saturated carbocycles. The molecule has 1 aromatic carbocycles. The minimum atomic E-state index is 0.328. The van der Waals surface area contributed by atoms with Crippen LogP contribution in [0.3, 0.4) is 0 Å². The topological polar surface area (TPSA) is 32.3 Å². The Bertz CT molecular complexity index is 479. The third-order valence-electron chi connectivity index (χ3n) is 2.74. The highest BCUT2D eigenvalue weighted by molar-refractivity contribution is 7.10. The summed E-state index contributed by atoms with van der Waals surface area (Å²) in [6.45, 7) is 3.87. The molecule has 2 nitrogen and oxygen atoms in total. The Labute approximate surface area is 106 Å². The monoisotopic (exact) mass is 247 g/mol. The van der Waals surface area contributed by atoms with E-state index in [0.717, 1.165) is 25.1 Å². The Morgan fingerprint density at radius 1 is 1.24 bits per heavy atom. The van der Waals surface area contributed by atoms with Crippen LogP contribution in [0.25, 0.3) is 0 Å². The van der Waals surface area contributed by atoms with Crippen LogP contribution in [0.5, 0.6) is 5.75 Å². The van der Waals surface area contributed by atoms with E-state index < -0.39 is 0 Å². The highest BCUT2D eigenvalue weighted by Gasteiger charge is 2.01. The molecule has 0 fully saturated rings. The largest absolute Gasteiger partial charge is 0.508 e. The van der Waals surface area contributed by atoms with Gasteiger partial charge in [-0.1, -0.05) is 19.1 Å². The van der Waals surface area contributed by atoms with Crippen LogP contribution in [0, 0.1) is 0 Å². The van der Waals surface area contributed by atoms with Crippen molar-refractivity contribution in [2.24, 2.45) is 0 Å². The lowest BCUT2D eigenvalue weighted by Gasteiger charge is -2.05. The summed E-state index contributed by atoms with van der Waals surface area (Å²) in [6, 6.07) is 9.56. The van der Waals surface area contributed by atoms with Crippen LogP contribution in [0.1, 0.15) is 22.9 Å². The van der Waals surface area contributed by atoms with Crippen LogP contribution in [0.4, 0.5) is 0 Å². The number of benzene rings is 1. The summed E-state index contributed by atoms with van der Waals surface area (Å²) in [5.41, 5.74) is 2.54. The van der Waals surface area contributed by atoms with Crippen molar-refractivity contribution in [2.75, 3.05) is 0 Å². The molecular weight excluding hydrogens is 230 g/mol. The first-order chi connectivity index (χ1) is 8.29. The Balaban J connectivity index is 1.87. The van der Waals surface area contributed by atoms with Crippen LogP contribution < -0.4 is 5.32 Å². The van der Waals surface area contributed by atoms with Gasteiger partial charge in [0.15, 0.2) is 0 Å². The van der Waals surface area contributed by atoms with Crippen molar-refractivity contribution in [3.8, 4) is 5.75 Å². The minimum Gasteiger partial charge on any atom is -0.508 e. The number of hydrogen-bond acceptors (Lipinski definition) is 3. The van der Waals surface area contributed by atoms with Crippen LogP contribution in [0.15, 0.2) is 35.7 Å². The summed E-state index contributed by atoms with van der Waals surface area (Å²) in [4.78, 5) is 1.41. The smallest absolute Gasteiger partial charge is 0.115 e. The Kier molecular flexibility index (Phi) is 4.18. The fraction of sp³-hybridized carbons (Fsp3) is 0.286. The molecule has 0 spiro atoms. The van der Waals surface area contributed by atoms with Gasteiger partial charge in [0.05, 0.1) is 0 Å². The predicted octanol–water partition coefficient (Wildman–Crippen LogP) is 3.31. The lowest BCUT2D eigenvalue weighted by molar-refractivity contribution is 0.474. The fourth-order valence-electron chi connectivity index (χ4n) is 1.82. The zero-order valence-corrected chi connectivity index (χ0v) is 10.8. The number of phenolic OH excluding ortho intramolecular Hbond substituents is 1. The Morgan fingerprint density at radius 2 is 2.12 bits per heavy atom. The molecule has 1 heterocycles. The molecule has 0 aliphatic heterocycles. The molecule has 0 unspecified atom stereocenters. The van der Waals surface area contributed by atoms with Crippen LogP contribution in [-0.4, -0.2) is 5.11 Å². The third kappa shape index (κ3) is 3.32. The van der Waals surface area contributed by atoms with E-state index in [1.165, 1.54) is 10.4 Å². The second-order valence-electron chi connectivity index (χ2n) is 4.00. The van der Waals surface area contributed by atoms with Gasteiger partial charge in [0.2, 0.25) is 0 Å². The number of rotatable bonds is 5. The molecule has 90 valence electrons. The van der Waals surface area contributed by atoms with Crippen LogP contribution >= 0.6 is 11.3 Å². The Hall–Kier alpha value is -1.32. The lowest BCUT2D eigenvalue weighted by Crippen LogP contribution is -2.12. The maximum Gasteiger partial charge on any atom is 0.115 e. The summed E-state index contributed by atoms with van der Waals surface area (Å²) in [7, 11) is 0. The molecule has 0 aliphatic rings. The van der Waals surface area contributed by atoms with E-state index in [4.69, 9.17) is 0 Å². The van der Waals surface area contributed by atoms with Gasteiger partial charge >= 0.3 is 0 Å². The van der Waals surface area contributed by atoms with Gasteiger partial charge in [-0.05, 0) is 41.1 Å². The number of aromatic hydroxyl groups is 1. The maximum atomic E-state index is 9.35. The molecule has 2 aromatic rings. The molecule has 2 N–H and O–H groups in total. The van der Waals surface area contributed by atoms with E-state index in [9.17, 15) is 5.11 Å². The number of thiophene rings is 1. The van der Waals surface area contributed by atoms with Gasteiger partial charge in [0.1, 0.15) is 5.75 Å². The second-order valence-corrected chi connectivity index (χ2v) is 5.00. The van der Waals surface area contributed by atoms with Crippen molar-refractivity contribution in [3.63, 3.8) is 0 Å². The average Bonchev–Trinajstić information content (AvgIpc) is 2.77. The number of hydrogen-bond donors (Lipinski definition) is 2. The highest BCUT2D eigenvalue weighted by Crippen LogP contribution is 2.17. The lowest BCUT2D eigenvalue weighted by atomic mass is 10.2. The van der Waals surface area contributed by atoms with Crippen molar-refractivity contribution in [1.29, 1.82) is 0 Å². The second kappa shape index (κ2) is 5.84. The molecule has 0 saturated heterocycles. The molecular formula is C14H17NOS. The number of aryl methyl sites for hydroxylation is 1. The van der Waals surface area contributed by atoms with Crippen molar-refractivity contribution in [3.05, 3.63) is 51.7 Å². The molecule has 0 amide bonds. The van der Waals surface area contributed by atoms with Crippen molar-refractivity contribution in [1.82, 2.24) is 5.32 Å². The van der Waals surface area contributed by atoms with Gasteiger partial charge in [-0.3, -0.25) is 0 Å². The summed E-state index contributed by atoms with van der Waals surface area (Å²) in [5.74, 6) is 0.328. The van der Waals surface area contributed by atoms with E-state index in [1.807, 2.05) is 12.1 Å². The standard InChI is InChI=1S/C14H17NOS/c1-2-12-6-7-17-14(12)10-15-9-11-4-3-5-13(16)8-11/h3-8,15-16H,2,9-10H2,1H3. The maximum absolute atomic E-state index is 9.35. The quantitative estimate of drug-likeness (QED) is 0.849. The SMILES string of the molecule is CCc1ccsc1CNCc1cccc(O)c1. The first-order valence-corrected chi connectivity index (χ1v) is 6.71. The minimum absolute atomic E-state index is 0.328. The van der Waals surface area contributed by atoms with Gasteiger partial charge in [-0.15, -0.1) is 11.3 Å². The highest BCUT2D eigenvalue weighted by atomic mass is 32.1. The van der Waals surface area contributed by atoms with Crippen molar-refractivity contribution < 1.29 is 5.11 Å². The molecule has 0 radical (unpaired) electrons. The summed E-state index contributed by atoms with van der Waals surface area (Å²) in [5, 5.41) is 14.9. The summed E-state index contributed by atoms with van der Waals surface area (Å²) >= 11 is 1.80. The van der Waals surface area contributed by atoms with Gasteiger partial charge in [-0.2, -0.15) is 0 Å². The Morgan fingerprint density at radius 3 is 2.88 bits per heavy atom.